The van der Waals surface area contributed by atoms with Crippen molar-refractivity contribution in [3.05, 3.63) is 47.7 Å². The molecule has 1 aromatic rings. The van der Waals surface area contributed by atoms with Crippen molar-refractivity contribution in [2.24, 2.45) is 17.8 Å². The number of hydrogen-bond donors (Lipinski definition) is 1. The maximum atomic E-state index is 13.5. The molecule has 6 heteroatoms. The third-order valence-corrected chi connectivity index (χ3v) is 7.52. The Morgan fingerprint density at radius 3 is 2.52 bits per heavy atom. The van der Waals surface area contributed by atoms with Gasteiger partial charge in [0.2, 0.25) is 6.29 Å². The lowest BCUT2D eigenvalue weighted by molar-refractivity contribution is -0.179. The van der Waals surface area contributed by atoms with E-state index >= 15 is 0 Å². The Morgan fingerprint density at radius 1 is 1.12 bits per heavy atom. The normalized spacial score (nSPS) is 26.8. The number of nitrogens with zero attached hydrogens (tertiary/aromatic N) is 2. The number of benzene rings is 1. The van der Waals surface area contributed by atoms with E-state index in [0.29, 0.717) is 31.4 Å². The lowest BCUT2D eigenvalue weighted by atomic mass is 9.76. The topological polar surface area (TPSA) is 62.2 Å². The number of allylic oxidation sites excluding steroid dienone is 1. The molecule has 182 valence electrons. The highest BCUT2D eigenvalue weighted by Crippen LogP contribution is 2.43. The summed E-state index contributed by atoms with van der Waals surface area (Å²) in [5.41, 5.74) is 1.31. The summed E-state index contributed by atoms with van der Waals surface area (Å²) in [5.74, 6) is 1.53. The van der Waals surface area contributed by atoms with Crippen molar-refractivity contribution >= 4 is 5.91 Å². The SMILES string of the molecule is CCO[C@H]1OC(C(=O)N2CCN(Cc3ccccc3)CC2)=C[C@@H](C2CCCC2)[C@@H]1CCCO. The molecule has 0 spiro atoms. The van der Waals surface area contributed by atoms with Crippen molar-refractivity contribution in [3.63, 3.8) is 0 Å². The number of aliphatic hydroxyl groups excluding tert-OH is 1. The van der Waals surface area contributed by atoms with E-state index in [9.17, 15) is 9.90 Å². The van der Waals surface area contributed by atoms with Crippen LogP contribution >= 0.6 is 0 Å². The number of aliphatic hydroxyl groups is 1. The molecule has 1 N–H and O–H groups in total. The third-order valence-electron chi connectivity index (χ3n) is 7.52. The molecule has 1 saturated heterocycles. The molecular formula is C27H40N2O4. The maximum Gasteiger partial charge on any atom is 0.288 e. The van der Waals surface area contributed by atoms with Gasteiger partial charge in [0.25, 0.3) is 5.91 Å². The predicted molar refractivity (Wildman–Crippen MR) is 128 cm³/mol. The van der Waals surface area contributed by atoms with Crippen molar-refractivity contribution in [3.8, 4) is 0 Å². The molecule has 1 aromatic carbocycles. The molecule has 0 bridgehead atoms. The zero-order valence-corrected chi connectivity index (χ0v) is 20.0. The lowest BCUT2D eigenvalue weighted by Crippen LogP contribution is -2.50. The first-order chi connectivity index (χ1) is 16.2. The molecular weight excluding hydrogens is 416 g/mol. The van der Waals surface area contributed by atoms with Gasteiger partial charge >= 0.3 is 0 Å². The minimum Gasteiger partial charge on any atom is -0.459 e. The Labute approximate surface area is 198 Å². The molecule has 1 saturated carbocycles. The average Bonchev–Trinajstić information content (AvgIpc) is 3.39. The van der Waals surface area contributed by atoms with Crippen molar-refractivity contribution in [2.75, 3.05) is 39.4 Å². The molecule has 0 aromatic heterocycles. The van der Waals surface area contributed by atoms with Crippen LogP contribution in [0, 0.1) is 17.8 Å². The van der Waals surface area contributed by atoms with Crippen LogP contribution in [0.1, 0.15) is 51.0 Å². The number of carbonyl (C=O) groups is 1. The molecule has 33 heavy (non-hydrogen) atoms. The van der Waals surface area contributed by atoms with Crippen LogP contribution in [0.2, 0.25) is 0 Å². The largest absolute Gasteiger partial charge is 0.459 e. The Kier molecular flexibility index (Phi) is 8.82. The summed E-state index contributed by atoms with van der Waals surface area (Å²) < 4.78 is 12.2. The summed E-state index contributed by atoms with van der Waals surface area (Å²) >= 11 is 0. The summed E-state index contributed by atoms with van der Waals surface area (Å²) in [7, 11) is 0. The monoisotopic (exact) mass is 456 g/mol. The fraction of sp³-hybridized carbons (Fsp3) is 0.667. The Morgan fingerprint density at radius 2 is 1.85 bits per heavy atom. The summed E-state index contributed by atoms with van der Waals surface area (Å²) in [4.78, 5) is 17.8. The lowest BCUT2D eigenvalue weighted by Gasteiger charge is -2.41. The highest BCUT2D eigenvalue weighted by atomic mass is 16.7. The van der Waals surface area contributed by atoms with Crippen molar-refractivity contribution in [2.45, 2.75) is 58.3 Å². The number of amides is 1. The quantitative estimate of drug-likeness (QED) is 0.612. The number of rotatable bonds is 9. The first kappa shape index (κ1) is 24.2. The highest BCUT2D eigenvalue weighted by Gasteiger charge is 2.42. The van der Waals surface area contributed by atoms with Gasteiger partial charge in [-0.3, -0.25) is 9.69 Å². The van der Waals surface area contributed by atoms with Gasteiger partial charge in [-0.1, -0.05) is 43.2 Å². The van der Waals surface area contributed by atoms with E-state index in [1.807, 2.05) is 17.9 Å². The smallest absolute Gasteiger partial charge is 0.288 e. The van der Waals surface area contributed by atoms with Gasteiger partial charge in [-0.25, -0.2) is 0 Å². The van der Waals surface area contributed by atoms with Crippen LogP contribution in [0.5, 0.6) is 0 Å². The predicted octanol–water partition coefficient (Wildman–Crippen LogP) is 3.80. The first-order valence-electron chi connectivity index (χ1n) is 12.9. The van der Waals surface area contributed by atoms with E-state index in [-0.39, 0.29) is 24.3 Å². The number of ether oxygens (including phenoxy) is 2. The molecule has 2 aliphatic heterocycles. The number of carbonyl (C=O) groups excluding carboxylic acids is 1. The van der Waals surface area contributed by atoms with Crippen LogP contribution in [-0.2, 0) is 20.8 Å². The second-order valence-corrected chi connectivity index (χ2v) is 9.68. The van der Waals surface area contributed by atoms with Crippen LogP contribution in [0.3, 0.4) is 0 Å². The van der Waals surface area contributed by atoms with Gasteiger partial charge in [-0.05, 0) is 56.1 Å². The van der Waals surface area contributed by atoms with Crippen LogP contribution in [0.4, 0.5) is 0 Å². The van der Waals surface area contributed by atoms with E-state index < -0.39 is 6.29 Å². The molecule has 3 atom stereocenters. The molecule has 0 radical (unpaired) electrons. The van der Waals surface area contributed by atoms with Gasteiger partial charge in [0, 0.05) is 51.9 Å². The van der Waals surface area contributed by atoms with Crippen LogP contribution in [-0.4, -0.2) is 66.5 Å². The van der Waals surface area contributed by atoms with Gasteiger partial charge < -0.3 is 19.5 Å². The van der Waals surface area contributed by atoms with Crippen molar-refractivity contribution in [1.82, 2.24) is 9.80 Å². The van der Waals surface area contributed by atoms with E-state index in [4.69, 9.17) is 9.47 Å². The second-order valence-electron chi connectivity index (χ2n) is 9.68. The second kappa shape index (κ2) is 12.0. The van der Waals surface area contributed by atoms with E-state index in [0.717, 1.165) is 32.5 Å². The standard InChI is InChI=1S/C27H40N2O4/c1-2-32-27-23(13-8-18-30)24(22-11-6-7-12-22)19-25(33-27)26(31)29-16-14-28(15-17-29)20-21-9-4-3-5-10-21/h3-5,9-10,19,22-24,27,30H,2,6-8,11-18,20H2,1H3/t23-,24-,27-/m0/s1. The molecule has 1 aliphatic carbocycles. The molecule has 4 rings (SSSR count). The fourth-order valence-electron chi connectivity index (χ4n) is 5.77. The molecule has 3 aliphatic rings. The van der Waals surface area contributed by atoms with Gasteiger partial charge in [-0.15, -0.1) is 0 Å². The van der Waals surface area contributed by atoms with E-state index in [1.54, 1.807) is 0 Å². The summed E-state index contributed by atoms with van der Waals surface area (Å²) in [6.45, 7) is 6.80. The summed E-state index contributed by atoms with van der Waals surface area (Å²) in [5, 5.41) is 9.43. The Bertz CT molecular complexity index is 770. The third kappa shape index (κ3) is 6.17. The minimum absolute atomic E-state index is 0.00247. The van der Waals surface area contributed by atoms with E-state index in [2.05, 4.69) is 35.2 Å². The fourth-order valence-corrected chi connectivity index (χ4v) is 5.77. The average molecular weight is 457 g/mol. The van der Waals surface area contributed by atoms with Gasteiger partial charge in [0.05, 0.1) is 0 Å². The van der Waals surface area contributed by atoms with E-state index in [1.165, 1.54) is 31.2 Å². The zero-order valence-electron chi connectivity index (χ0n) is 20.0. The summed E-state index contributed by atoms with van der Waals surface area (Å²) in [6.07, 6.45) is 8.23. The minimum atomic E-state index is -0.407. The Balaban J connectivity index is 1.43. The van der Waals surface area contributed by atoms with Crippen molar-refractivity contribution < 1.29 is 19.4 Å². The zero-order chi connectivity index (χ0) is 23.0. The molecule has 2 fully saturated rings. The van der Waals surface area contributed by atoms with Crippen LogP contribution < -0.4 is 0 Å². The maximum absolute atomic E-state index is 13.5. The molecule has 0 unspecified atom stereocenters. The van der Waals surface area contributed by atoms with Crippen molar-refractivity contribution in [1.29, 1.82) is 0 Å². The van der Waals surface area contributed by atoms with Gasteiger partial charge in [0.15, 0.2) is 5.76 Å². The van der Waals surface area contributed by atoms with Crippen LogP contribution in [0.15, 0.2) is 42.2 Å². The molecule has 1 amide bonds. The number of hydrogen-bond acceptors (Lipinski definition) is 5. The van der Waals surface area contributed by atoms with Gasteiger partial charge in [0.1, 0.15) is 0 Å². The first-order valence-corrected chi connectivity index (χ1v) is 12.9. The molecule has 6 nitrogen and oxygen atoms in total. The van der Waals surface area contributed by atoms with Gasteiger partial charge in [-0.2, -0.15) is 0 Å². The highest BCUT2D eigenvalue weighted by molar-refractivity contribution is 5.91. The summed E-state index contributed by atoms with van der Waals surface area (Å²) in [6, 6.07) is 10.5. The Hall–Kier alpha value is -1.89. The number of piperazine rings is 1. The van der Waals surface area contributed by atoms with Crippen LogP contribution in [0.25, 0.3) is 0 Å². The molecule has 2 heterocycles.